The Bertz CT molecular complexity index is 1060. The molecule has 0 spiro atoms. The maximum Gasteiger partial charge on any atom is 0.514 e. The summed E-state index contributed by atoms with van der Waals surface area (Å²) in [5.41, 5.74) is -0.488. The van der Waals surface area contributed by atoms with E-state index in [1.165, 1.54) is 6.20 Å². The van der Waals surface area contributed by atoms with E-state index in [0.717, 1.165) is 0 Å². The average Bonchev–Trinajstić information content (AvgIpc) is 3.09. The van der Waals surface area contributed by atoms with E-state index in [1.54, 1.807) is 37.5 Å². The zero-order valence-electron chi connectivity index (χ0n) is 22.3. The van der Waals surface area contributed by atoms with Crippen LogP contribution in [0.4, 0.5) is 13.2 Å². The highest BCUT2D eigenvalue weighted by Gasteiger charge is 2.53. The molecule has 3 rings (SSSR count). The standard InChI is InChI=1S/C24H37BF3N3O3S/c1-20(2,3)14-31-13-16(18(24(26,27)28)30-35(32)21(4,5)6)15-11-12-17(29-19(15)31)25-33-22(7,8)23(9,10)34-25/h11-13,18,30H,14H2,1-10H3/t18-,35-/m0/s1. The van der Waals surface area contributed by atoms with Crippen LogP contribution in [0.3, 0.4) is 0 Å². The average molecular weight is 515 g/mol. The van der Waals surface area contributed by atoms with Crippen molar-refractivity contribution in [1.82, 2.24) is 14.3 Å². The molecule has 1 aliphatic rings. The maximum atomic E-state index is 14.3. The number of pyridine rings is 1. The van der Waals surface area contributed by atoms with Gasteiger partial charge in [0.05, 0.1) is 16.8 Å². The Morgan fingerprint density at radius 1 is 1.06 bits per heavy atom. The van der Waals surface area contributed by atoms with Crippen molar-refractivity contribution in [2.75, 3.05) is 0 Å². The van der Waals surface area contributed by atoms with Crippen molar-refractivity contribution in [2.24, 2.45) is 5.41 Å². The molecule has 0 unspecified atom stereocenters. The van der Waals surface area contributed by atoms with Crippen LogP contribution in [0.15, 0.2) is 18.3 Å². The fraction of sp³-hybridized carbons (Fsp3) is 0.708. The van der Waals surface area contributed by atoms with E-state index < -0.39 is 46.6 Å². The van der Waals surface area contributed by atoms with Gasteiger partial charge in [-0.05, 0) is 66.0 Å². The van der Waals surface area contributed by atoms with Gasteiger partial charge in [-0.25, -0.2) is 4.98 Å². The van der Waals surface area contributed by atoms with Crippen LogP contribution < -0.4 is 10.3 Å². The van der Waals surface area contributed by atoms with Gasteiger partial charge in [-0.2, -0.15) is 13.2 Å². The molecule has 1 N–H and O–H groups in total. The minimum absolute atomic E-state index is 0.0117. The number of alkyl halides is 3. The van der Waals surface area contributed by atoms with E-state index in [4.69, 9.17) is 14.3 Å². The summed E-state index contributed by atoms with van der Waals surface area (Å²) < 4.78 is 70.9. The predicted octanol–water partition coefficient (Wildman–Crippen LogP) is 5.04. The van der Waals surface area contributed by atoms with Crippen molar-refractivity contribution in [3.63, 3.8) is 0 Å². The molecule has 1 aliphatic heterocycles. The number of rotatable bonds is 5. The van der Waals surface area contributed by atoms with E-state index >= 15 is 0 Å². The van der Waals surface area contributed by atoms with Crippen LogP contribution in [0.1, 0.15) is 80.8 Å². The van der Waals surface area contributed by atoms with Gasteiger partial charge in [-0.15, -0.1) is 4.72 Å². The summed E-state index contributed by atoms with van der Waals surface area (Å²) >= 11 is -1.93. The van der Waals surface area contributed by atoms with Gasteiger partial charge in [-0.1, -0.05) is 20.8 Å². The van der Waals surface area contributed by atoms with Crippen molar-refractivity contribution >= 4 is 35.1 Å². The first kappa shape index (κ1) is 28.3. The van der Waals surface area contributed by atoms with Gasteiger partial charge >= 0.3 is 13.3 Å². The molecular weight excluding hydrogens is 478 g/mol. The lowest BCUT2D eigenvalue weighted by atomic mass is 9.84. The van der Waals surface area contributed by atoms with Crippen LogP contribution in [0.5, 0.6) is 0 Å². The molecule has 11 heteroatoms. The summed E-state index contributed by atoms with van der Waals surface area (Å²) in [6.07, 6.45) is -3.19. The maximum absolute atomic E-state index is 14.3. The molecule has 3 heterocycles. The van der Waals surface area contributed by atoms with E-state index in [2.05, 4.69) is 4.72 Å². The predicted molar refractivity (Wildman–Crippen MR) is 135 cm³/mol. The Morgan fingerprint density at radius 2 is 1.60 bits per heavy atom. The first-order valence-corrected chi connectivity index (χ1v) is 12.9. The number of aromatic nitrogens is 2. The van der Waals surface area contributed by atoms with Crippen LogP contribution in [-0.2, 0) is 27.2 Å². The molecule has 0 aromatic carbocycles. The number of halogens is 3. The molecule has 1 saturated heterocycles. The third kappa shape index (κ3) is 6.01. The number of hydrogen-bond acceptors (Lipinski definition) is 5. The number of fused-ring (bicyclic) bond motifs is 1. The van der Waals surface area contributed by atoms with Gasteiger partial charge in [0.25, 0.3) is 0 Å². The van der Waals surface area contributed by atoms with E-state index in [-0.39, 0.29) is 11.0 Å². The molecule has 2 aromatic rings. The molecule has 2 atom stereocenters. The summed E-state index contributed by atoms with van der Waals surface area (Å²) in [7, 11) is -0.740. The Labute approximate surface area is 209 Å². The van der Waals surface area contributed by atoms with Crippen LogP contribution in [-0.4, -0.2) is 43.3 Å². The molecule has 1 fully saturated rings. The van der Waals surface area contributed by atoms with Crippen molar-refractivity contribution in [1.29, 1.82) is 0 Å². The Kier molecular flexibility index (Phi) is 7.23. The lowest BCUT2D eigenvalue weighted by molar-refractivity contribution is -0.152. The Morgan fingerprint density at radius 3 is 2.06 bits per heavy atom. The summed E-state index contributed by atoms with van der Waals surface area (Å²) in [6.45, 7) is 19.1. The zero-order valence-corrected chi connectivity index (χ0v) is 23.1. The topological polar surface area (TPSA) is 71.4 Å². The fourth-order valence-corrected chi connectivity index (χ4v) is 4.58. The molecule has 6 nitrogen and oxygen atoms in total. The van der Waals surface area contributed by atoms with Crippen LogP contribution in [0.25, 0.3) is 11.0 Å². The summed E-state index contributed by atoms with van der Waals surface area (Å²) in [5.74, 6) is 0. The second-order valence-corrected chi connectivity index (χ2v) is 14.4. The van der Waals surface area contributed by atoms with Crippen LogP contribution >= 0.6 is 0 Å². The Balaban J connectivity index is 2.14. The summed E-state index contributed by atoms with van der Waals surface area (Å²) in [5, 5.41) is 0.343. The van der Waals surface area contributed by atoms with Crippen LogP contribution in [0, 0.1) is 5.41 Å². The highest BCUT2D eigenvalue weighted by molar-refractivity contribution is 7.90. The minimum Gasteiger partial charge on any atom is -0.598 e. The second-order valence-electron chi connectivity index (χ2n) is 12.4. The van der Waals surface area contributed by atoms with Crippen molar-refractivity contribution in [3.05, 3.63) is 23.9 Å². The highest BCUT2D eigenvalue weighted by atomic mass is 32.2. The van der Waals surface area contributed by atoms with Crippen molar-refractivity contribution < 1.29 is 27.0 Å². The van der Waals surface area contributed by atoms with Crippen molar-refractivity contribution in [2.45, 2.75) is 104 Å². The third-order valence-corrected chi connectivity index (χ3v) is 7.90. The second kappa shape index (κ2) is 8.94. The SMILES string of the molecule is CC(C)(C)Cn1cc([C@H](N[S@@+]([O-])C(C)(C)C)C(F)(F)F)c2ccc(B3OC(C)(C)C(C)(C)O3)nc21. The first-order valence-electron chi connectivity index (χ1n) is 11.7. The lowest BCUT2D eigenvalue weighted by Crippen LogP contribution is -2.45. The zero-order chi connectivity index (χ0) is 26.8. The molecule has 0 aliphatic carbocycles. The quantitative estimate of drug-likeness (QED) is 0.447. The summed E-state index contributed by atoms with van der Waals surface area (Å²) in [6, 6.07) is 1.15. The molecule has 196 valence electrons. The van der Waals surface area contributed by atoms with Gasteiger partial charge in [0.15, 0.2) is 6.04 Å². The molecule has 2 aromatic heterocycles. The van der Waals surface area contributed by atoms with E-state index in [1.807, 2.05) is 48.5 Å². The molecule has 35 heavy (non-hydrogen) atoms. The van der Waals surface area contributed by atoms with E-state index in [0.29, 0.717) is 23.2 Å². The summed E-state index contributed by atoms with van der Waals surface area (Å²) in [4.78, 5) is 4.73. The van der Waals surface area contributed by atoms with Crippen molar-refractivity contribution in [3.8, 4) is 0 Å². The minimum atomic E-state index is -4.66. The first-order chi connectivity index (χ1) is 15.6. The van der Waals surface area contributed by atoms with Gasteiger partial charge in [0, 0.05) is 35.1 Å². The molecular formula is C24H37BF3N3O3S. The van der Waals surface area contributed by atoms with E-state index in [9.17, 15) is 17.7 Å². The highest BCUT2D eigenvalue weighted by Crippen LogP contribution is 2.40. The normalized spacial score (nSPS) is 20.5. The monoisotopic (exact) mass is 515 g/mol. The molecule has 0 amide bonds. The smallest absolute Gasteiger partial charge is 0.514 e. The largest absolute Gasteiger partial charge is 0.598 e. The lowest BCUT2D eigenvalue weighted by Gasteiger charge is -2.32. The van der Waals surface area contributed by atoms with Crippen LogP contribution in [0.2, 0.25) is 0 Å². The van der Waals surface area contributed by atoms with Gasteiger partial charge in [0.2, 0.25) is 0 Å². The fourth-order valence-electron chi connectivity index (χ4n) is 3.75. The number of nitrogens with zero attached hydrogens (tertiary/aromatic N) is 2. The molecule has 0 saturated carbocycles. The molecule has 0 bridgehead atoms. The number of hydrogen-bond donors (Lipinski definition) is 1. The van der Waals surface area contributed by atoms with Gasteiger partial charge in [-0.3, -0.25) is 0 Å². The Hall–Kier alpha value is -1.27. The van der Waals surface area contributed by atoms with Gasteiger partial charge in [0.1, 0.15) is 10.4 Å². The van der Waals surface area contributed by atoms with Gasteiger partial charge < -0.3 is 18.4 Å². The third-order valence-electron chi connectivity index (χ3n) is 6.33. The number of nitrogens with one attached hydrogen (secondary N) is 1. The molecule has 0 radical (unpaired) electrons.